The number of rotatable bonds is 8. The lowest BCUT2D eigenvalue weighted by Gasteiger charge is -2.17. The summed E-state index contributed by atoms with van der Waals surface area (Å²) in [5.74, 6) is -0.125. The first-order valence-electron chi connectivity index (χ1n) is 8.25. The smallest absolute Gasteiger partial charge is 0.254 e. The molecule has 0 bridgehead atoms. The standard InChI is InChI=1S/C20H26N2O2/c1-4-22(2)15-17-10-8-9-16(13-17)14-21-20(23)19(24-3)18-11-6-5-7-12-18/h5-13,19H,4,14-15H2,1-3H3,(H,21,23). The Hall–Kier alpha value is -2.17. The van der Waals surface area contributed by atoms with Gasteiger partial charge in [0.15, 0.2) is 6.10 Å². The maximum atomic E-state index is 12.4. The molecule has 0 spiro atoms. The molecule has 2 aromatic carbocycles. The highest BCUT2D eigenvalue weighted by Gasteiger charge is 2.19. The fourth-order valence-corrected chi connectivity index (χ4v) is 2.57. The average Bonchev–Trinajstić information content (AvgIpc) is 2.62. The van der Waals surface area contributed by atoms with E-state index < -0.39 is 6.10 Å². The van der Waals surface area contributed by atoms with Gasteiger partial charge in [0.25, 0.3) is 5.91 Å². The molecule has 1 N–H and O–H groups in total. The molecule has 1 unspecified atom stereocenters. The van der Waals surface area contributed by atoms with Crippen molar-refractivity contribution in [2.45, 2.75) is 26.1 Å². The zero-order chi connectivity index (χ0) is 17.4. The summed E-state index contributed by atoms with van der Waals surface area (Å²) in [4.78, 5) is 14.7. The van der Waals surface area contributed by atoms with Gasteiger partial charge in [-0.05, 0) is 30.3 Å². The van der Waals surface area contributed by atoms with Crippen LogP contribution < -0.4 is 5.32 Å². The van der Waals surface area contributed by atoms with Crippen LogP contribution in [0, 0.1) is 0 Å². The zero-order valence-electron chi connectivity index (χ0n) is 14.7. The molecule has 0 fully saturated rings. The SMILES string of the molecule is CCN(C)Cc1cccc(CNC(=O)C(OC)c2ccccc2)c1. The highest BCUT2D eigenvalue weighted by Crippen LogP contribution is 2.16. The van der Waals surface area contributed by atoms with Crippen molar-refractivity contribution in [1.29, 1.82) is 0 Å². The Kier molecular flexibility index (Phi) is 6.97. The minimum Gasteiger partial charge on any atom is -0.367 e. The summed E-state index contributed by atoms with van der Waals surface area (Å²) in [5.41, 5.74) is 3.20. The normalized spacial score (nSPS) is 12.2. The molecule has 1 atom stereocenters. The van der Waals surface area contributed by atoms with Crippen LogP contribution >= 0.6 is 0 Å². The maximum absolute atomic E-state index is 12.4. The van der Waals surface area contributed by atoms with E-state index in [4.69, 9.17) is 4.74 Å². The third kappa shape index (κ3) is 5.18. The molecule has 4 nitrogen and oxygen atoms in total. The van der Waals surface area contributed by atoms with Gasteiger partial charge in [0.05, 0.1) is 0 Å². The van der Waals surface area contributed by atoms with E-state index in [-0.39, 0.29) is 5.91 Å². The summed E-state index contributed by atoms with van der Waals surface area (Å²) in [6.45, 7) is 4.55. The largest absolute Gasteiger partial charge is 0.367 e. The fourth-order valence-electron chi connectivity index (χ4n) is 2.57. The molecular formula is C20H26N2O2. The van der Waals surface area contributed by atoms with Crippen molar-refractivity contribution in [3.05, 3.63) is 71.3 Å². The number of hydrogen-bond acceptors (Lipinski definition) is 3. The van der Waals surface area contributed by atoms with E-state index in [9.17, 15) is 4.79 Å². The molecule has 0 radical (unpaired) electrons. The minimum atomic E-state index is -0.583. The molecule has 0 aliphatic carbocycles. The minimum absolute atomic E-state index is 0.125. The van der Waals surface area contributed by atoms with Gasteiger partial charge in [0, 0.05) is 20.2 Å². The molecule has 1 amide bonds. The van der Waals surface area contributed by atoms with Crippen molar-refractivity contribution in [3.8, 4) is 0 Å². The highest BCUT2D eigenvalue weighted by atomic mass is 16.5. The molecule has 0 saturated heterocycles. The van der Waals surface area contributed by atoms with Crippen LogP contribution in [-0.2, 0) is 22.6 Å². The molecule has 4 heteroatoms. The van der Waals surface area contributed by atoms with Crippen molar-refractivity contribution in [3.63, 3.8) is 0 Å². The number of carbonyl (C=O) groups excluding carboxylic acids is 1. The Labute approximate surface area is 144 Å². The van der Waals surface area contributed by atoms with E-state index in [0.717, 1.165) is 24.2 Å². The first kappa shape index (κ1) is 18.2. The van der Waals surface area contributed by atoms with Gasteiger partial charge in [-0.15, -0.1) is 0 Å². The number of benzene rings is 2. The van der Waals surface area contributed by atoms with E-state index in [1.807, 2.05) is 42.5 Å². The number of amides is 1. The van der Waals surface area contributed by atoms with Gasteiger partial charge >= 0.3 is 0 Å². The van der Waals surface area contributed by atoms with E-state index in [1.54, 1.807) is 7.11 Å². The zero-order valence-corrected chi connectivity index (χ0v) is 14.7. The van der Waals surface area contributed by atoms with Crippen molar-refractivity contribution in [1.82, 2.24) is 10.2 Å². The quantitative estimate of drug-likeness (QED) is 0.810. The summed E-state index contributed by atoms with van der Waals surface area (Å²) in [7, 11) is 3.65. The monoisotopic (exact) mass is 326 g/mol. The molecule has 2 rings (SSSR count). The van der Waals surface area contributed by atoms with Gasteiger partial charge in [-0.1, -0.05) is 61.5 Å². The van der Waals surface area contributed by atoms with Crippen LogP contribution in [-0.4, -0.2) is 31.5 Å². The summed E-state index contributed by atoms with van der Waals surface area (Å²) in [6, 6.07) is 17.8. The lowest BCUT2D eigenvalue weighted by atomic mass is 10.1. The highest BCUT2D eigenvalue weighted by molar-refractivity contribution is 5.82. The van der Waals surface area contributed by atoms with Gasteiger partial charge in [-0.3, -0.25) is 4.79 Å². The van der Waals surface area contributed by atoms with Crippen LogP contribution in [0.2, 0.25) is 0 Å². The third-order valence-corrected chi connectivity index (χ3v) is 4.03. The second kappa shape index (κ2) is 9.21. The first-order chi connectivity index (χ1) is 11.6. The molecule has 2 aromatic rings. The molecular weight excluding hydrogens is 300 g/mol. The molecule has 128 valence electrons. The topological polar surface area (TPSA) is 41.6 Å². The lowest BCUT2D eigenvalue weighted by molar-refractivity contribution is -0.131. The van der Waals surface area contributed by atoms with Crippen LogP contribution in [0.5, 0.6) is 0 Å². The van der Waals surface area contributed by atoms with E-state index in [1.165, 1.54) is 5.56 Å². The fraction of sp³-hybridized carbons (Fsp3) is 0.350. The molecule has 24 heavy (non-hydrogen) atoms. The Morgan fingerprint density at radius 1 is 1.12 bits per heavy atom. The third-order valence-electron chi connectivity index (χ3n) is 4.03. The van der Waals surface area contributed by atoms with Crippen molar-refractivity contribution < 1.29 is 9.53 Å². The van der Waals surface area contributed by atoms with Gasteiger partial charge in [0.1, 0.15) is 0 Å². The molecule has 0 aliphatic heterocycles. The summed E-state index contributed by atoms with van der Waals surface area (Å²) in [6.07, 6.45) is -0.583. The van der Waals surface area contributed by atoms with Crippen LogP contribution in [0.4, 0.5) is 0 Å². The molecule has 0 saturated carbocycles. The van der Waals surface area contributed by atoms with Crippen LogP contribution in [0.3, 0.4) is 0 Å². The van der Waals surface area contributed by atoms with Crippen molar-refractivity contribution in [2.75, 3.05) is 20.7 Å². The summed E-state index contributed by atoms with van der Waals surface area (Å²) >= 11 is 0. The van der Waals surface area contributed by atoms with E-state index >= 15 is 0 Å². The van der Waals surface area contributed by atoms with Crippen LogP contribution in [0.15, 0.2) is 54.6 Å². The predicted molar refractivity (Wildman–Crippen MR) is 96.5 cm³/mol. The van der Waals surface area contributed by atoms with E-state index in [0.29, 0.717) is 6.54 Å². The molecule has 0 aliphatic rings. The number of hydrogen-bond donors (Lipinski definition) is 1. The maximum Gasteiger partial charge on any atom is 0.254 e. The van der Waals surface area contributed by atoms with Gasteiger partial charge in [-0.25, -0.2) is 0 Å². The lowest BCUT2D eigenvalue weighted by Crippen LogP contribution is -2.30. The van der Waals surface area contributed by atoms with Crippen molar-refractivity contribution in [2.24, 2.45) is 0 Å². The molecule has 0 aromatic heterocycles. The Morgan fingerprint density at radius 3 is 2.50 bits per heavy atom. The number of carbonyl (C=O) groups is 1. The average molecular weight is 326 g/mol. The first-order valence-corrected chi connectivity index (χ1v) is 8.25. The van der Waals surface area contributed by atoms with Gasteiger partial charge < -0.3 is 15.0 Å². The molecule has 0 heterocycles. The second-order valence-corrected chi connectivity index (χ2v) is 5.89. The number of methoxy groups -OCH3 is 1. The van der Waals surface area contributed by atoms with Crippen LogP contribution in [0.1, 0.15) is 29.7 Å². The van der Waals surface area contributed by atoms with E-state index in [2.05, 4.69) is 36.3 Å². The summed E-state index contributed by atoms with van der Waals surface area (Å²) < 4.78 is 5.36. The Morgan fingerprint density at radius 2 is 1.83 bits per heavy atom. The second-order valence-electron chi connectivity index (χ2n) is 5.89. The van der Waals surface area contributed by atoms with Gasteiger partial charge in [0.2, 0.25) is 0 Å². The number of nitrogens with zero attached hydrogens (tertiary/aromatic N) is 1. The Bertz CT molecular complexity index is 643. The summed E-state index contributed by atoms with van der Waals surface area (Å²) in [5, 5.41) is 2.97. The Balaban J connectivity index is 1.97. The number of nitrogens with one attached hydrogen (secondary N) is 1. The van der Waals surface area contributed by atoms with Crippen LogP contribution in [0.25, 0.3) is 0 Å². The van der Waals surface area contributed by atoms with Crippen molar-refractivity contribution >= 4 is 5.91 Å². The van der Waals surface area contributed by atoms with Gasteiger partial charge in [-0.2, -0.15) is 0 Å². The number of ether oxygens (including phenoxy) is 1. The predicted octanol–water partition coefficient (Wildman–Crippen LogP) is 3.14.